The second kappa shape index (κ2) is 6.07. The summed E-state index contributed by atoms with van der Waals surface area (Å²) in [5, 5.41) is 10.2. The topological polar surface area (TPSA) is 99.6 Å². The number of aromatic nitrogens is 2. The van der Waals surface area contributed by atoms with Crippen LogP contribution in [-0.4, -0.2) is 29.3 Å². The fraction of sp³-hybridized carbons (Fsp3) is 0.188. The first-order chi connectivity index (χ1) is 11.8. The average molecular weight is 327 g/mol. The van der Waals surface area contributed by atoms with Gasteiger partial charge in [0.1, 0.15) is 13.2 Å². The lowest BCUT2D eigenvalue weighted by molar-refractivity contribution is 0.0993. The molecule has 8 heteroatoms. The molecule has 0 saturated carbocycles. The zero-order valence-electron chi connectivity index (χ0n) is 12.5. The fourth-order valence-corrected chi connectivity index (χ4v) is 2.31. The molecule has 0 aliphatic carbocycles. The Morgan fingerprint density at radius 3 is 2.83 bits per heavy atom. The summed E-state index contributed by atoms with van der Waals surface area (Å²) in [5.41, 5.74) is 0.937. The molecule has 0 spiro atoms. The van der Waals surface area contributed by atoms with Crippen LogP contribution in [-0.2, 0) is 6.42 Å². The number of carbonyl (C=O) groups is 1. The maximum absolute atomic E-state index is 11.8. The molecule has 24 heavy (non-hydrogen) atoms. The van der Waals surface area contributed by atoms with E-state index in [-0.39, 0.29) is 11.8 Å². The first kappa shape index (κ1) is 14.3. The molecule has 0 atom stereocenters. The Labute approximate surface area is 136 Å². The zero-order valence-corrected chi connectivity index (χ0v) is 12.5. The van der Waals surface area contributed by atoms with Crippen LogP contribution in [0.4, 0.5) is 6.01 Å². The second-order valence-electron chi connectivity index (χ2n) is 5.09. The van der Waals surface area contributed by atoms with Gasteiger partial charge in [-0.25, -0.2) is 0 Å². The van der Waals surface area contributed by atoms with Crippen LogP contribution in [0.3, 0.4) is 0 Å². The molecule has 3 heterocycles. The van der Waals surface area contributed by atoms with Crippen molar-refractivity contribution >= 4 is 11.9 Å². The Morgan fingerprint density at radius 1 is 1.12 bits per heavy atom. The summed E-state index contributed by atoms with van der Waals surface area (Å²) in [5.74, 6) is 1.52. The van der Waals surface area contributed by atoms with Crippen LogP contribution in [0, 0.1) is 0 Å². The number of furan rings is 1. The lowest BCUT2D eigenvalue weighted by Gasteiger charge is -2.18. The third-order valence-electron chi connectivity index (χ3n) is 3.39. The Balaban J connectivity index is 1.44. The van der Waals surface area contributed by atoms with E-state index in [1.165, 1.54) is 6.26 Å². The molecule has 122 valence electrons. The van der Waals surface area contributed by atoms with Crippen LogP contribution in [0.15, 0.2) is 45.4 Å². The Kier molecular flexibility index (Phi) is 3.62. The minimum absolute atomic E-state index is 0.0175. The highest BCUT2D eigenvalue weighted by molar-refractivity contribution is 6.00. The van der Waals surface area contributed by atoms with Crippen LogP contribution in [0.1, 0.15) is 22.0 Å². The molecule has 0 saturated heterocycles. The average Bonchev–Trinajstić information content (AvgIpc) is 3.27. The summed E-state index contributed by atoms with van der Waals surface area (Å²) in [4.78, 5) is 11.8. The van der Waals surface area contributed by atoms with Crippen molar-refractivity contribution in [1.82, 2.24) is 10.2 Å². The second-order valence-corrected chi connectivity index (χ2v) is 5.09. The smallest absolute Gasteiger partial charge is 0.322 e. The summed E-state index contributed by atoms with van der Waals surface area (Å²) in [6.45, 7) is 1.08. The van der Waals surface area contributed by atoms with Crippen molar-refractivity contribution in [2.24, 2.45) is 0 Å². The van der Waals surface area contributed by atoms with Gasteiger partial charge in [-0.05, 0) is 29.8 Å². The molecule has 2 aromatic heterocycles. The number of amides is 1. The summed E-state index contributed by atoms with van der Waals surface area (Å²) in [6.07, 6.45) is 1.83. The lowest BCUT2D eigenvalue weighted by atomic mass is 10.1. The van der Waals surface area contributed by atoms with Gasteiger partial charge in [-0.2, -0.15) is 0 Å². The van der Waals surface area contributed by atoms with E-state index in [2.05, 4.69) is 15.5 Å². The van der Waals surface area contributed by atoms with Crippen LogP contribution < -0.4 is 14.8 Å². The summed E-state index contributed by atoms with van der Waals surface area (Å²) < 4.78 is 21.4. The van der Waals surface area contributed by atoms with E-state index < -0.39 is 5.91 Å². The minimum Gasteiger partial charge on any atom is -0.486 e. The van der Waals surface area contributed by atoms with Crippen LogP contribution in [0.5, 0.6) is 11.5 Å². The van der Waals surface area contributed by atoms with Gasteiger partial charge in [0.15, 0.2) is 17.3 Å². The highest BCUT2D eigenvalue weighted by atomic mass is 16.6. The molecular formula is C16H13N3O5. The molecule has 4 rings (SSSR count). The number of carbonyl (C=O) groups excluding carboxylic acids is 1. The van der Waals surface area contributed by atoms with E-state index in [0.717, 1.165) is 11.3 Å². The van der Waals surface area contributed by atoms with Crippen molar-refractivity contribution in [2.75, 3.05) is 18.5 Å². The van der Waals surface area contributed by atoms with Gasteiger partial charge in [-0.3, -0.25) is 10.1 Å². The van der Waals surface area contributed by atoms with Crippen molar-refractivity contribution in [3.05, 3.63) is 53.8 Å². The van der Waals surface area contributed by atoms with Gasteiger partial charge in [0.2, 0.25) is 5.89 Å². The molecule has 3 aromatic rings. The molecule has 1 aliphatic rings. The number of hydrogen-bond donors (Lipinski definition) is 1. The number of hydrogen-bond acceptors (Lipinski definition) is 7. The standard InChI is InChI=1S/C16H13N3O5/c20-15(12-2-1-5-21-12)17-16-19-18-14(24-16)9-10-3-4-11-13(8-10)23-7-6-22-11/h1-5,8H,6-7,9H2,(H,17,19,20). The quantitative estimate of drug-likeness (QED) is 0.784. The molecule has 1 amide bonds. The van der Waals surface area contributed by atoms with Crippen molar-refractivity contribution in [3.63, 3.8) is 0 Å². The fourth-order valence-electron chi connectivity index (χ4n) is 2.31. The monoisotopic (exact) mass is 327 g/mol. The molecule has 1 N–H and O–H groups in total. The van der Waals surface area contributed by atoms with Gasteiger partial charge in [0.05, 0.1) is 12.7 Å². The SMILES string of the molecule is O=C(Nc1nnc(Cc2ccc3c(c2)OCCO3)o1)c1ccco1. The Bertz CT molecular complexity index is 856. The highest BCUT2D eigenvalue weighted by Gasteiger charge is 2.15. The molecule has 0 radical (unpaired) electrons. The van der Waals surface area contributed by atoms with E-state index >= 15 is 0 Å². The zero-order chi connectivity index (χ0) is 16.4. The number of rotatable bonds is 4. The van der Waals surface area contributed by atoms with Gasteiger partial charge >= 0.3 is 6.01 Å². The maximum atomic E-state index is 11.8. The van der Waals surface area contributed by atoms with Gasteiger partial charge in [0.25, 0.3) is 5.91 Å². The van der Waals surface area contributed by atoms with Crippen molar-refractivity contribution < 1.29 is 23.1 Å². The third kappa shape index (κ3) is 2.94. The molecule has 8 nitrogen and oxygen atoms in total. The van der Waals surface area contributed by atoms with Crippen molar-refractivity contribution in [2.45, 2.75) is 6.42 Å². The number of fused-ring (bicyclic) bond motifs is 1. The summed E-state index contributed by atoms with van der Waals surface area (Å²) in [6, 6.07) is 8.81. The number of nitrogens with one attached hydrogen (secondary N) is 1. The van der Waals surface area contributed by atoms with E-state index in [0.29, 0.717) is 31.3 Å². The number of anilines is 1. The minimum atomic E-state index is -0.450. The maximum Gasteiger partial charge on any atom is 0.322 e. The number of benzene rings is 1. The van der Waals surface area contributed by atoms with Gasteiger partial charge in [0, 0.05) is 0 Å². The van der Waals surface area contributed by atoms with Gasteiger partial charge in [-0.15, -0.1) is 5.10 Å². The number of nitrogens with zero attached hydrogens (tertiary/aromatic N) is 2. The van der Waals surface area contributed by atoms with E-state index in [1.807, 2.05) is 18.2 Å². The van der Waals surface area contributed by atoms with Crippen LogP contribution in [0.25, 0.3) is 0 Å². The predicted octanol–water partition coefficient (Wildman–Crippen LogP) is 2.28. The number of ether oxygens (including phenoxy) is 2. The van der Waals surface area contributed by atoms with Gasteiger partial charge in [-0.1, -0.05) is 11.2 Å². The van der Waals surface area contributed by atoms with Crippen molar-refractivity contribution in [1.29, 1.82) is 0 Å². The van der Waals surface area contributed by atoms with Crippen LogP contribution in [0.2, 0.25) is 0 Å². The first-order valence-electron chi connectivity index (χ1n) is 7.34. The predicted molar refractivity (Wildman–Crippen MR) is 81.2 cm³/mol. The van der Waals surface area contributed by atoms with Crippen molar-refractivity contribution in [3.8, 4) is 11.5 Å². The van der Waals surface area contributed by atoms with E-state index in [9.17, 15) is 4.79 Å². The van der Waals surface area contributed by atoms with E-state index in [4.69, 9.17) is 18.3 Å². The molecule has 1 aromatic carbocycles. The molecule has 0 fully saturated rings. The Morgan fingerprint density at radius 2 is 2.00 bits per heavy atom. The summed E-state index contributed by atoms with van der Waals surface area (Å²) in [7, 11) is 0. The molecule has 1 aliphatic heterocycles. The van der Waals surface area contributed by atoms with Gasteiger partial charge < -0.3 is 18.3 Å². The molecule has 0 unspecified atom stereocenters. The highest BCUT2D eigenvalue weighted by Crippen LogP contribution is 2.31. The Hall–Kier alpha value is -3.29. The van der Waals surface area contributed by atoms with E-state index in [1.54, 1.807) is 12.1 Å². The normalized spacial score (nSPS) is 12.8. The molecular weight excluding hydrogens is 314 g/mol. The first-order valence-corrected chi connectivity index (χ1v) is 7.34. The molecule has 0 bridgehead atoms. The largest absolute Gasteiger partial charge is 0.486 e. The third-order valence-corrected chi connectivity index (χ3v) is 3.39. The lowest BCUT2D eigenvalue weighted by Crippen LogP contribution is -2.15. The summed E-state index contributed by atoms with van der Waals surface area (Å²) >= 11 is 0. The van der Waals surface area contributed by atoms with Crippen LogP contribution >= 0.6 is 0 Å².